The van der Waals surface area contributed by atoms with Crippen molar-refractivity contribution < 1.29 is 97.1 Å². The molecule has 208 valence electrons. The van der Waals surface area contributed by atoms with Crippen molar-refractivity contribution in [3.05, 3.63) is 0 Å². The van der Waals surface area contributed by atoms with Gasteiger partial charge in [-0.05, 0) is 25.8 Å². The summed E-state index contributed by atoms with van der Waals surface area (Å²) >= 11 is 0. The summed E-state index contributed by atoms with van der Waals surface area (Å²) in [6.45, 7) is 3.66. The molecule has 0 aromatic heterocycles. The van der Waals surface area contributed by atoms with Crippen molar-refractivity contribution >= 4 is 20.3 Å². The minimum Gasteiger partial charge on any atom is -0.790 e. The van der Waals surface area contributed by atoms with E-state index in [0.29, 0.717) is 19.6 Å². The first kappa shape index (κ1) is 42.5. The van der Waals surface area contributed by atoms with Gasteiger partial charge in [0.2, 0.25) is 0 Å². The van der Waals surface area contributed by atoms with Crippen LogP contribution in [0.25, 0.3) is 0 Å². The molecule has 1 atom stereocenters. The molecule has 0 aromatic rings. The van der Waals surface area contributed by atoms with Crippen LogP contribution in [0.15, 0.2) is 0 Å². The van der Waals surface area contributed by atoms with E-state index in [1.54, 1.807) is 0 Å². The Balaban J connectivity index is -0.00000578. The smallest absolute Gasteiger partial charge is 0.790 e. The van der Waals surface area contributed by atoms with Crippen molar-refractivity contribution in [3.63, 3.8) is 0 Å². The summed E-state index contributed by atoms with van der Waals surface area (Å²) in [5, 5.41) is 3.17. The molecule has 0 amide bonds. The van der Waals surface area contributed by atoms with Crippen LogP contribution in [0.4, 0.5) is 0 Å². The largest absolute Gasteiger partial charge is 1.00 e. The maximum absolute atomic E-state index is 12.1. The summed E-state index contributed by atoms with van der Waals surface area (Å²) in [4.78, 5) is 43.8. The zero-order chi connectivity index (χ0) is 26.0. The van der Waals surface area contributed by atoms with Gasteiger partial charge in [-0.1, -0.05) is 90.4 Å². The minimum absolute atomic E-state index is 0. The van der Waals surface area contributed by atoms with Crippen molar-refractivity contribution in [1.29, 1.82) is 0 Å². The molecule has 0 spiro atoms. The van der Waals surface area contributed by atoms with Gasteiger partial charge in [0.05, 0.1) is 21.0 Å². The van der Waals surface area contributed by atoms with Gasteiger partial charge in [-0.15, -0.1) is 0 Å². The van der Waals surface area contributed by atoms with Gasteiger partial charge in [0.25, 0.3) is 6.47 Å². The van der Waals surface area contributed by atoms with Crippen LogP contribution in [0.1, 0.15) is 116 Å². The number of carbonyl (C=O) groups excluding carboxylic acids is 2. The summed E-state index contributed by atoms with van der Waals surface area (Å²) in [6, 6.07) is 0. The summed E-state index contributed by atoms with van der Waals surface area (Å²) in [6.07, 6.45) is 17.0. The molecule has 0 unspecified atom stereocenters. The zero-order valence-corrected chi connectivity index (χ0v) is 28.6. The molecule has 0 saturated heterocycles. The molecule has 0 fully saturated rings. The first-order chi connectivity index (χ1) is 16.9. The Morgan fingerprint density at radius 3 is 1.89 bits per heavy atom. The van der Waals surface area contributed by atoms with E-state index in [1.807, 2.05) is 0 Å². The second kappa shape index (κ2) is 31.5. The molecule has 0 saturated carbocycles. The van der Waals surface area contributed by atoms with Gasteiger partial charge < -0.3 is 33.7 Å². The monoisotopic (exact) mass is 567 g/mol. The van der Waals surface area contributed by atoms with E-state index in [-0.39, 0.29) is 72.1 Å². The van der Waals surface area contributed by atoms with Crippen molar-refractivity contribution in [2.24, 2.45) is 0 Å². The number of nitrogens with one attached hydrogen (secondary N) is 1. The van der Waals surface area contributed by atoms with E-state index in [0.717, 1.165) is 70.6 Å². The molecular weight excluding hydrogens is 519 g/mol. The average Bonchev–Trinajstić information content (AvgIpc) is 2.81. The van der Waals surface area contributed by atoms with E-state index < -0.39 is 26.5 Å². The third-order valence-electron chi connectivity index (χ3n) is 5.76. The number of phosphoric ester groups is 1. The molecule has 0 rings (SSSR count). The Kier molecular flexibility index (Phi) is 36.2. The van der Waals surface area contributed by atoms with Gasteiger partial charge in [-0.25, -0.2) is 0 Å². The van der Waals surface area contributed by atoms with Gasteiger partial charge in [0.1, 0.15) is 6.10 Å². The fourth-order valence-electron chi connectivity index (χ4n) is 3.76. The maximum atomic E-state index is 12.1. The molecule has 9 nitrogen and oxygen atoms in total. The van der Waals surface area contributed by atoms with Crippen LogP contribution in [-0.4, -0.2) is 44.8 Å². The summed E-state index contributed by atoms with van der Waals surface area (Å²) in [5.41, 5.74) is 0. The average molecular weight is 568 g/mol. The molecule has 0 aliphatic rings. The number of esters is 1. The summed E-state index contributed by atoms with van der Waals surface area (Å²) in [7, 11) is -5.12. The topological polar surface area (TPSA) is 137 Å². The second-order valence-electron chi connectivity index (χ2n) is 9.08. The van der Waals surface area contributed by atoms with Crippen LogP contribution >= 0.6 is 7.82 Å². The van der Waals surface area contributed by atoms with Gasteiger partial charge in [-0.3, -0.25) is 9.59 Å². The van der Waals surface area contributed by atoms with Crippen molar-refractivity contribution in [2.75, 3.05) is 26.3 Å². The fraction of sp³-hybridized carbons (Fsp3) is 0.920. The van der Waals surface area contributed by atoms with Gasteiger partial charge in [-0.2, -0.15) is 0 Å². The van der Waals surface area contributed by atoms with Crippen molar-refractivity contribution in [2.45, 2.75) is 122 Å². The van der Waals surface area contributed by atoms with Crippen LogP contribution in [0.2, 0.25) is 0 Å². The Bertz CT molecular complexity index is 555. The summed E-state index contributed by atoms with van der Waals surface area (Å²) < 4.78 is 25.2. The fourth-order valence-corrected chi connectivity index (χ4v) is 4.11. The van der Waals surface area contributed by atoms with Gasteiger partial charge >= 0.3 is 65.1 Å². The first-order valence-electron chi connectivity index (χ1n) is 13.5. The number of rotatable bonds is 27. The third kappa shape index (κ3) is 35.0. The molecule has 1 N–H and O–H groups in total. The maximum Gasteiger partial charge on any atom is 1.00 e. The molecule has 0 bridgehead atoms. The van der Waals surface area contributed by atoms with E-state index in [9.17, 15) is 23.9 Å². The number of hydrogen-bond acceptors (Lipinski definition) is 9. The third-order valence-corrected chi connectivity index (χ3v) is 6.22. The SMILES string of the molecule is CCCCCCCCCCC(=O)O[C@@H](CNCCCCCCCCCCOC=O)COP(=O)([O-])[O-].[Na+].[Na+]. The van der Waals surface area contributed by atoms with E-state index >= 15 is 0 Å². The Hall–Kier alpha value is 1.01. The van der Waals surface area contributed by atoms with Crippen LogP contribution in [0, 0.1) is 0 Å². The normalized spacial score (nSPS) is 11.8. The zero-order valence-electron chi connectivity index (χ0n) is 23.7. The standard InChI is InChI=1S/C25H50NO8P.2Na/c1-2-3-4-5-6-9-12-15-18-25(28)34-24(22-33-35(29,30)31)21-26-19-16-13-10-7-8-11-14-17-20-32-23-27;;/h23-24,26H,2-22H2,1H3,(H2,29,30,31);;/q;2*+1/p-2/t24-;;/m0../s1. The Morgan fingerprint density at radius 1 is 0.838 bits per heavy atom. The number of phosphoric acid groups is 1. The van der Waals surface area contributed by atoms with Crippen LogP contribution in [0.3, 0.4) is 0 Å². The number of unbranched alkanes of at least 4 members (excludes halogenated alkanes) is 14. The van der Waals surface area contributed by atoms with Crippen molar-refractivity contribution in [1.82, 2.24) is 5.32 Å². The Morgan fingerprint density at radius 2 is 1.35 bits per heavy atom. The van der Waals surface area contributed by atoms with Crippen molar-refractivity contribution in [3.8, 4) is 0 Å². The van der Waals surface area contributed by atoms with E-state index in [1.165, 1.54) is 32.1 Å². The molecule has 0 radical (unpaired) electrons. The molecule has 12 heteroatoms. The van der Waals surface area contributed by atoms with E-state index in [4.69, 9.17) is 4.74 Å². The number of hydrogen-bond donors (Lipinski definition) is 1. The van der Waals surface area contributed by atoms with Crippen LogP contribution in [-0.2, 0) is 28.2 Å². The number of carbonyl (C=O) groups is 2. The Labute approximate surface area is 269 Å². The van der Waals surface area contributed by atoms with Crippen LogP contribution < -0.4 is 74.2 Å². The molecule has 0 aliphatic heterocycles. The molecule has 37 heavy (non-hydrogen) atoms. The number of ether oxygens (including phenoxy) is 2. The molecule has 0 heterocycles. The second-order valence-corrected chi connectivity index (χ2v) is 10.2. The van der Waals surface area contributed by atoms with E-state index in [2.05, 4.69) is 21.5 Å². The molecule has 0 aromatic carbocycles. The predicted molar refractivity (Wildman–Crippen MR) is 132 cm³/mol. The molecular formula is C25H48NNa2O8P. The quantitative estimate of drug-likeness (QED) is 0.0399. The molecule has 0 aliphatic carbocycles. The summed E-state index contributed by atoms with van der Waals surface area (Å²) in [5.74, 6) is -0.393. The minimum atomic E-state index is -5.12. The van der Waals surface area contributed by atoms with Crippen LogP contribution in [0.5, 0.6) is 0 Å². The predicted octanol–water partition coefficient (Wildman–Crippen LogP) is -1.83. The first-order valence-corrected chi connectivity index (χ1v) is 15.0. The van der Waals surface area contributed by atoms with Gasteiger partial charge in [0.15, 0.2) is 0 Å². The van der Waals surface area contributed by atoms with Gasteiger partial charge in [0, 0.05) is 13.0 Å².